The van der Waals surface area contributed by atoms with E-state index in [4.69, 9.17) is 11.6 Å². The van der Waals surface area contributed by atoms with E-state index >= 15 is 0 Å². The monoisotopic (exact) mass is 366 g/mol. The summed E-state index contributed by atoms with van der Waals surface area (Å²) in [6, 6.07) is 18.3. The molecular weight excluding hydrogens is 355 g/mol. The predicted molar refractivity (Wildman–Crippen MR) is 87.1 cm³/mol. The molecule has 0 aliphatic heterocycles. The summed E-state index contributed by atoms with van der Waals surface area (Å²) in [7, 11) is 0. The molecule has 0 aliphatic rings. The van der Waals surface area contributed by atoms with Gasteiger partial charge in [0.15, 0.2) is 0 Å². The van der Waals surface area contributed by atoms with Crippen molar-refractivity contribution in [2.45, 2.75) is 10.6 Å². The summed E-state index contributed by atoms with van der Waals surface area (Å²) in [5, 5.41) is 0.951. The van der Waals surface area contributed by atoms with Crippen molar-refractivity contribution < 1.29 is 4.79 Å². The van der Waals surface area contributed by atoms with E-state index in [9.17, 15) is 4.79 Å². The molecule has 0 saturated carbocycles. The van der Waals surface area contributed by atoms with Gasteiger partial charge in [0, 0.05) is 0 Å². The standard InChI is InChI=1S/C16H11ClOSSe/c17-16(18)13-6-2-3-7-14(13)19-10-12-9-11-5-1-4-8-15(11)20-12/h1-9H,10H2. The van der Waals surface area contributed by atoms with Crippen LogP contribution in [0.4, 0.5) is 0 Å². The zero-order chi connectivity index (χ0) is 13.9. The first kappa shape index (κ1) is 14.0. The third-order valence-corrected chi connectivity index (χ3v) is 7.03. The van der Waals surface area contributed by atoms with Crippen molar-refractivity contribution in [3.63, 3.8) is 0 Å². The van der Waals surface area contributed by atoms with E-state index in [0.717, 1.165) is 10.6 Å². The number of carbonyl (C=O) groups excluding carboxylic acids is 1. The Morgan fingerprint density at radius 1 is 1.10 bits per heavy atom. The summed E-state index contributed by atoms with van der Waals surface area (Å²) in [5.41, 5.74) is 0.600. The van der Waals surface area contributed by atoms with Crippen molar-refractivity contribution in [1.82, 2.24) is 0 Å². The Labute approximate surface area is 132 Å². The quantitative estimate of drug-likeness (QED) is 0.383. The number of hydrogen-bond acceptors (Lipinski definition) is 2. The van der Waals surface area contributed by atoms with Gasteiger partial charge in [-0.1, -0.05) is 0 Å². The van der Waals surface area contributed by atoms with Gasteiger partial charge in [0.2, 0.25) is 0 Å². The van der Waals surface area contributed by atoms with E-state index in [1.807, 2.05) is 18.2 Å². The van der Waals surface area contributed by atoms with Crippen molar-refractivity contribution >= 4 is 52.8 Å². The fraction of sp³-hybridized carbons (Fsp3) is 0.0625. The number of benzene rings is 2. The molecule has 3 aromatic rings. The summed E-state index contributed by atoms with van der Waals surface area (Å²) in [4.78, 5) is 12.3. The van der Waals surface area contributed by atoms with Crippen LogP contribution in [0.25, 0.3) is 9.65 Å². The van der Waals surface area contributed by atoms with Crippen LogP contribution in [0.5, 0.6) is 0 Å². The molecule has 20 heavy (non-hydrogen) atoms. The van der Waals surface area contributed by atoms with E-state index in [1.165, 1.54) is 14.1 Å². The molecule has 1 aromatic heterocycles. The summed E-state index contributed by atoms with van der Waals surface area (Å²) >= 11 is 7.71. The second-order valence-electron chi connectivity index (χ2n) is 4.31. The molecule has 4 heteroatoms. The summed E-state index contributed by atoms with van der Waals surface area (Å²) in [6.45, 7) is 0. The zero-order valence-corrected chi connectivity index (χ0v) is 13.8. The van der Waals surface area contributed by atoms with Gasteiger partial charge in [-0.25, -0.2) is 0 Å². The van der Waals surface area contributed by atoms with Crippen molar-refractivity contribution in [3.05, 3.63) is 64.6 Å². The molecule has 0 amide bonds. The van der Waals surface area contributed by atoms with E-state index in [0.29, 0.717) is 20.1 Å². The van der Waals surface area contributed by atoms with E-state index in [1.54, 1.807) is 17.8 Å². The van der Waals surface area contributed by atoms with Gasteiger partial charge in [0.1, 0.15) is 0 Å². The van der Waals surface area contributed by atoms with Gasteiger partial charge in [-0.15, -0.1) is 0 Å². The Hall–Kier alpha value is -0.991. The van der Waals surface area contributed by atoms with Crippen LogP contribution in [0, 0.1) is 0 Å². The van der Waals surface area contributed by atoms with Gasteiger partial charge in [-0.05, 0) is 0 Å². The molecule has 0 saturated heterocycles. The molecule has 0 aliphatic carbocycles. The summed E-state index contributed by atoms with van der Waals surface area (Å²) in [6.07, 6.45) is 0. The Balaban J connectivity index is 1.81. The minimum absolute atomic E-state index is 0.387. The molecule has 3 rings (SSSR count). The van der Waals surface area contributed by atoms with E-state index in [-0.39, 0.29) is 5.24 Å². The first-order chi connectivity index (χ1) is 9.74. The van der Waals surface area contributed by atoms with E-state index < -0.39 is 0 Å². The minimum atomic E-state index is -0.387. The molecule has 100 valence electrons. The topological polar surface area (TPSA) is 17.1 Å². The fourth-order valence-corrected chi connectivity index (χ4v) is 5.71. The second kappa shape index (κ2) is 6.19. The molecule has 0 spiro atoms. The van der Waals surface area contributed by atoms with Crippen LogP contribution < -0.4 is 0 Å². The molecule has 0 N–H and O–H groups in total. The van der Waals surface area contributed by atoms with Gasteiger partial charge in [-0.3, -0.25) is 0 Å². The van der Waals surface area contributed by atoms with Gasteiger partial charge < -0.3 is 0 Å². The maximum absolute atomic E-state index is 11.4. The molecule has 2 aromatic carbocycles. The molecule has 0 fully saturated rings. The van der Waals surface area contributed by atoms with Gasteiger partial charge in [-0.2, -0.15) is 0 Å². The molecule has 1 heterocycles. The van der Waals surface area contributed by atoms with Gasteiger partial charge >= 0.3 is 133 Å². The third kappa shape index (κ3) is 3.02. The Bertz CT molecular complexity index is 733. The number of halogens is 1. The average molecular weight is 366 g/mol. The molecule has 1 nitrogen and oxygen atoms in total. The Morgan fingerprint density at radius 3 is 2.65 bits per heavy atom. The second-order valence-corrected chi connectivity index (χ2v) is 8.12. The third-order valence-electron chi connectivity index (χ3n) is 2.95. The first-order valence-corrected chi connectivity index (χ1v) is 9.21. The molecule has 0 unspecified atom stereocenters. The van der Waals surface area contributed by atoms with Gasteiger partial charge in [0.25, 0.3) is 0 Å². The Morgan fingerprint density at radius 2 is 1.85 bits per heavy atom. The van der Waals surface area contributed by atoms with Crippen LogP contribution in [0.3, 0.4) is 0 Å². The summed E-state index contributed by atoms with van der Waals surface area (Å²) in [5.74, 6) is 0.913. The van der Waals surface area contributed by atoms with Crippen LogP contribution >= 0.6 is 23.4 Å². The number of thioether (sulfide) groups is 1. The predicted octanol–water partition coefficient (Wildman–Crippen LogP) is 4.57. The normalized spacial score (nSPS) is 10.8. The first-order valence-electron chi connectivity index (χ1n) is 6.13. The Kier molecular flexibility index (Phi) is 4.32. The average Bonchev–Trinajstić information content (AvgIpc) is 2.88. The molecular formula is C16H11ClOSSe. The van der Waals surface area contributed by atoms with E-state index in [2.05, 4.69) is 30.3 Å². The maximum atomic E-state index is 11.4. The van der Waals surface area contributed by atoms with Crippen LogP contribution in [-0.4, -0.2) is 19.7 Å². The van der Waals surface area contributed by atoms with Gasteiger partial charge in [0.05, 0.1) is 0 Å². The molecule has 0 radical (unpaired) electrons. The summed E-state index contributed by atoms with van der Waals surface area (Å²) < 4.78 is 2.89. The molecule has 0 bridgehead atoms. The van der Waals surface area contributed by atoms with Crippen LogP contribution in [0.1, 0.15) is 14.8 Å². The number of hydrogen-bond donors (Lipinski definition) is 0. The number of rotatable bonds is 4. The van der Waals surface area contributed by atoms with Crippen LogP contribution in [0.15, 0.2) is 59.5 Å². The van der Waals surface area contributed by atoms with Crippen LogP contribution in [0.2, 0.25) is 0 Å². The molecule has 0 atom stereocenters. The SMILES string of the molecule is O=C(Cl)c1ccccc1SCc1cc2ccccc2[se]1. The van der Waals surface area contributed by atoms with Crippen molar-refractivity contribution in [3.8, 4) is 0 Å². The van der Waals surface area contributed by atoms with Crippen molar-refractivity contribution in [1.29, 1.82) is 0 Å². The van der Waals surface area contributed by atoms with Crippen LogP contribution in [-0.2, 0) is 5.75 Å². The van der Waals surface area contributed by atoms with Crippen molar-refractivity contribution in [2.75, 3.05) is 0 Å². The zero-order valence-electron chi connectivity index (χ0n) is 10.5. The number of carbonyl (C=O) groups is 1. The number of fused-ring (bicyclic) bond motifs is 1. The van der Waals surface area contributed by atoms with Crippen molar-refractivity contribution in [2.24, 2.45) is 0 Å². The fourth-order valence-electron chi connectivity index (χ4n) is 2.01.